The average molecular weight is 370 g/mol. The molecule has 0 aromatic heterocycles. The van der Waals surface area contributed by atoms with Crippen molar-refractivity contribution in [3.8, 4) is 0 Å². The summed E-state index contributed by atoms with van der Waals surface area (Å²) in [5, 5.41) is 12.7. The summed E-state index contributed by atoms with van der Waals surface area (Å²) in [6.07, 6.45) is 13.0. The average Bonchev–Trinajstić information content (AvgIpc) is 3.11. The Hall–Kier alpha value is -1.79. The number of nitrogens with zero attached hydrogens (tertiary/aromatic N) is 2. The molecule has 0 bridgehead atoms. The normalized spacial score (nSPS) is 17.5. The Morgan fingerprint density at radius 1 is 1.08 bits per heavy atom. The van der Waals surface area contributed by atoms with Crippen LogP contribution in [0.4, 0.5) is 4.79 Å². The van der Waals surface area contributed by atoms with Gasteiger partial charge in [-0.1, -0.05) is 69.9 Å². The van der Waals surface area contributed by atoms with Gasteiger partial charge in [0.05, 0.1) is 0 Å². The Morgan fingerprint density at radius 2 is 1.65 bits per heavy atom. The Balaban J connectivity index is 2.07. The van der Waals surface area contributed by atoms with E-state index in [1.54, 1.807) is 0 Å². The van der Waals surface area contributed by atoms with Crippen LogP contribution in [0.5, 0.6) is 0 Å². The zero-order chi connectivity index (χ0) is 19.2. The Kier molecular flexibility index (Phi) is 11.5. The molecule has 26 heavy (non-hydrogen) atoms. The minimum Gasteiger partial charge on any atom is -0.465 e. The van der Waals surface area contributed by atoms with E-state index in [0.717, 1.165) is 17.7 Å². The molecule has 0 aromatic carbocycles. The zero-order valence-electron chi connectivity index (χ0n) is 16.1. The first kappa shape index (κ1) is 22.3. The van der Waals surface area contributed by atoms with Gasteiger partial charge in [-0.2, -0.15) is 0 Å². The van der Waals surface area contributed by atoms with E-state index in [1.807, 2.05) is 0 Å². The molecule has 0 aromatic rings. The second kappa shape index (κ2) is 13.4. The summed E-state index contributed by atoms with van der Waals surface area (Å²) in [7, 11) is 0. The first-order valence-electron chi connectivity index (χ1n) is 10.1. The monoisotopic (exact) mass is 369 g/mol. The first-order valence-corrected chi connectivity index (χ1v) is 10.1. The SMILES string of the molecule is CCCCCCCCCCCC/C(N)=N\OC(=O)C1CCCN1C(=O)O. The van der Waals surface area contributed by atoms with Crippen molar-refractivity contribution in [2.24, 2.45) is 10.9 Å². The molecule has 1 fully saturated rings. The number of unbranched alkanes of at least 4 members (excludes halogenated alkanes) is 9. The van der Waals surface area contributed by atoms with Gasteiger partial charge >= 0.3 is 12.1 Å². The Morgan fingerprint density at radius 3 is 2.23 bits per heavy atom. The maximum Gasteiger partial charge on any atom is 0.408 e. The third kappa shape index (κ3) is 9.06. The lowest BCUT2D eigenvalue weighted by atomic mass is 10.1. The molecule has 1 unspecified atom stereocenters. The number of amidine groups is 1. The first-order chi connectivity index (χ1) is 12.6. The predicted molar refractivity (Wildman–Crippen MR) is 102 cm³/mol. The smallest absolute Gasteiger partial charge is 0.408 e. The van der Waals surface area contributed by atoms with Crippen molar-refractivity contribution >= 4 is 17.9 Å². The van der Waals surface area contributed by atoms with Crippen molar-refractivity contribution < 1.29 is 19.5 Å². The van der Waals surface area contributed by atoms with Crippen LogP contribution in [0.15, 0.2) is 5.16 Å². The topological polar surface area (TPSA) is 105 Å². The van der Waals surface area contributed by atoms with Crippen molar-refractivity contribution in [1.82, 2.24) is 4.90 Å². The fraction of sp³-hybridized carbons (Fsp3) is 0.842. The molecule has 7 nitrogen and oxygen atoms in total. The van der Waals surface area contributed by atoms with E-state index in [4.69, 9.17) is 15.7 Å². The molecule has 7 heteroatoms. The molecular formula is C19H35N3O4. The van der Waals surface area contributed by atoms with Crippen LogP contribution in [0, 0.1) is 0 Å². The maximum absolute atomic E-state index is 11.9. The van der Waals surface area contributed by atoms with Crippen LogP contribution in [0.2, 0.25) is 0 Å². The number of hydrogen-bond acceptors (Lipinski definition) is 4. The van der Waals surface area contributed by atoms with E-state index >= 15 is 0 Å². The summed E-state index contributed by atoms with van der Waals surface area (Å²) in [5.41, 5.74) is 5.77. The number of oxime groups is 1. The number of rotatable bonds is 13. The zero-order valence-corrected chi connectivity index (χ0v) is 16.1. The summed E-state index contributed by atoms with van der Waals surface area (Å²) in [6.45, 7) is 2.59. The summed E-state index contributed by atoms with van der Waals surface area (Å²) >= 11 is 0. The summed E-state index contributed by atoms with van der Waals surface area (Å²) in [4.78, 5) is 28.9. The van der Waals surface area contributed by atoms with Crippen molar-refractivity contribution in [1.29, 1.82) is 0 Å². The van der Waals surface area contributed by atoms with Crippen LogP contribution < -0.4 is 5.73 Å². The molecule has 1 heterocycles. The van der Waals surface area contributed by atoms with E-state index in [-0.39, 0.29) is 5.84 Å². The molecule has 1 rings (SSSR count). The second-order valence-electron chi connectivity index (χ2n) is 7.06. The largest absolute Gasteiger partial charge is 0.465 e. The lowest BCUT2D eigenvalue weighted by Gasteiger charge is -2.18. The van der Waals surface area contributed by atoms with E-state index in [0.29, 0.717) is 25.8 Å². The molecule has 1 aliphatic heterocycles. The van der Waals surface area contributed by atoms with Crippen LogP contribution in [0.3, 0.4) is 0 Å². The van der Waals surface area contributed by atoms with Crippen LogP contribution in [-0.2, 0) is 9.63 Å². The lowest BCUT2D eigenvalue weighted by Crippen LogP contribution is -2.40. The highest BCUT2D eigenvalue weighted by atomic mass is 16.7. The molecule has 150 valence electrons. The standard InChI is InChI=1S/C19H35N3O4/c1-2-3-4-5-6-7-8-9-10-11-14-17(20)21-26-18(23)16-13-12-15-22(16)19(24)25/h16H,2-15H2,1H3,(H2,20,21)(H,24,25). The third-order valence-corrected chi connectivity index (χ3v) is 4.81. The van der Waals surface area contributed by atoms with Gasteiger partial charge in [0.1, 0.15) is 11.9 Å². The van der Waals surface area contributed by atoms with Crippen molar-refractivity contribution in [3.63, 3.8) is 0 Å². The number of carboxylic acid groups (broad SMARTS) is 1. The highest BCUT2D eigenvalue weighted by Crippen LogP contribution is 2.18. The van der Waals surface area contributed by atoms with Crippen molar-refractivity contribution in [2.75, 3.05) is 6.54 Å². The molecule has 1 amide bonds. The quantitative estimate of drug-likeness (QED) is 0.166. The summed E-state index contributed by atoms with van der Waals surface area (Å²) in [5.74, 6) is -0.353. The second-order valence-corrected chi connectivity index (χ2v) is 7.06. The van der Waals surface area contributed by atoms with E-state index < -0.39 is 18.1 Å². The predicted octanol–water partition coefficient (Wildman–Crippen LogP) is 4.26. The highest BCUT2D eigenvalue weighted by Gasteiger charge is 2.35. The number of nitrogens with two attached hydrogens (primary N) is 1. The van der Waals surface area contributed by atoms with E-state index in [9.17, 15) is 9.59 Å². The van der Waals surface area contributed by atoms with Gasteiger partial charge in [-0.05, 0) is 19.3 Å². The van der Waals surface area contributed by atoms with Gasteiger partial charge in [0, 0.05) is 13.0 Å². The van der Waals surface area contributed by atoms with Crippen LogP contribution in [-0.4, -0.2) is 40.5 Å². The molecule has 0 radical (unpaired) electrons. The number of amides is 1. The third-order valence-electron chi connectivity index (χ3n) is 4.81. The molecule has 0 aliphatic carbocycles. The van der Waals surface area contributed by atoms with Crippen LogP contribution in [0.25, 0.3) is 0 Å². The maximum atomic E-state index is 11.9. The molecule has 0 spiro atoms. The molecule has 0 saturated carbocycles. The summed E-state index contributed by atoms with van der Waals surface area (Å²) < 4.78 is 0. The van der Waals surface area contributed by atoms with Crippen molar-refractivity contribution in [2.45, 2.75) is 96.4 Å². The van der Waals surface area contributed by atoms with Gasteiger partial charge in [0.25, 0.3) is 0 Å². The van der Waals surface area contributed by atoms with Gasteiger partial charge in [0.15, 0.2) is 0 Å². The van der Waals surface area contributed by atoms with E-state index in [1.165, 1.54) is 51.4 Å². The lowest BCUT2D eigenvalue weighted by molar-refractivity contribution is -0.148. The minimum absolute atomic E-state index is 0.290. The van der Waals surface area contributed by atoms with Gasteiger partial charge in [-0.15, -0.1) is 0 Å². The molecular weight excluding hydrogens is 334 g/mol. The Labute approximate surface area is 156 Å². The Bertz CT molecular complexity index is 454. The molecule has 1 atom stereocenters. The van der Waals surface area contributed by atoms with Crippen LogP contribution in [0.1, 0.15) is 90.4 Å². The van der Waals surface area contributed by atoms with Gasteiger partial charge in [-0.3, -0.25) is 4.90 Å². The van der Waals surface area contributed by atoms with Gasteiger partial charge in [-0.25, -0.2) is 9.59 Å². The van der Waals surface area contributed by atoms with Crippen LogP contribution >= 0.6 is 0 Å². The summed E-state index contributed by atoms with van der Waals surface area (Å²) in [6, 6.07) is -0.763. The minimum atomic E-state index is -1.10. The van der Waals surface area contributed by atoms with Gasteiger partial charge in [0.2, 0.25) is 0 Å². The number of carbonyl (C=O) groups excluding carboxylic acids is 1. The number of hydrogen-bond donors (Lipinski definition) is 2. The number of carbonyl (C=O) groups is 2. The van der Waals surface area contributed by atoms with Crippen molar-refractivity contribution in [3.05, 3.63) is 0 Å². The fourth-order valence-corrected chi connectivity index (χ4v) is 3.24. The number of likely N-dealkylation sites (tertiary alicyclic amines) is 1. The molecule has 1 saturated heterocycles. The molecule has 1 aliphatic rings. The molecule has 3 N–H and O–H groups in total. The highest BCUT2D eigenvalue weighted by molar-refractivity contribution is 5.83. The van der Waals surface area contributed by atoms with E-state index in [2.05, 4.69) is 12.1 Å². The van der Waals surface area contributed by atoms with Gasteiger partial charge < -0.3 is 15.7 Å². The fourth-order valence-electron chi connectivity index (χ4n) is 3.24.